The van der Waals surface area contributed by atoms with E-state index in [0.717, 1.165) is 57.2 Å². The molecule has 4 aliphatic carbocycles. The molecule has 1 saturated heterocycles. The van der Waals surface area contributed by atoms with E-state index in [-0.39, 0.29) is 17.2 Å². The lowest BCUT2D eigenvalue weighted by molar-refractivity contribution is -0.142. The standard InChI is InChI=1S/C31H55N3O/c32-25-29-16-15-19-34(29)18-14-12-10-8-6-4-2-1-3-5-7-9-11-13-17-33-30-21-27-20-28(22-30)24-31(35,23-27)26-30/h27-29,33,35H,1-24,26H2/t27-,28?,29?,30?,31?/m0/s1. The summed E-state index contributed by atoms with van der Waals surface area (Å²) in [6, 6.07) is 2.66. The lowest BCUT2D eigenvalue weighted by atomic mass is 9.51. The van der Waals surface area contributed by atoms with Crippen molar-refractivity contribution < 1.29 is 5.11 Å². The summed E-state index contributed by atoms with van der Waals surface area (Å²) in [5.41, 5.74) is -0.0398. The molecular weight excluding hydrogens is 430 g/mol. The maximum atomic E-state index is 10.9. The van der Waals surface area contributed by atoms with Crippen LogP contribution in [0.1, 0.15) is 141 Å². The van der Waals surface area contributed by atoms with E-state index in [1.165, 1.54) is 116 Å². The number of unbranched alkanes of at least 4 members (excludes halogenated alkanes) is 13. The van der Waals surface area contributed by atoms with Gasteiger partial charge in [0, 0.05) is 5.54 Å². The smallest absolute Gasteiger partial charge is 0.0978 e. The van der Waals surface area contributed by atoms with Crippen LogP contribution in [0.15, 0.2) is 0 Å². The van der Waals surface area contributed by atoms with Crippen LogP contribution >= 0.6 is 0 Å². The Morgan fingerprint density at radius 3 is 1.86 bits per heavy atom. The molecule has 4 unspecified atom stereocenters. The minimum atomic E-state index is -0.326. The lowest BCUT2D eigenvalue weighted by Gasteiger charge is -2.60. The van der Waals surface area contributed by atoms with Gasteiger partial charge in [-0.25, -0.2) is 0 Å². The monoisotopic (exact) mass is 485 g/mol. The number of nitrogens with one attached hydrogen (secondary N) is 1. The van der Waals surface area contributed by atoms with Gasteiger partial charge in [0.05, 0.1) is 17.7 Å². The van der Waals surface area contributed by atoms with Gasteiger partial charge in [-0.2, -0.15) is 5.26 Å². The van der Waals surface area contributed by atoms with E-state index in [0.29, 0.717) is 0 Å². The highest BCUT2D eigenvalue weighted by molar-refractivity contribution is 5.12. The van der Waals surface area contributed by atoms with Gasteiger partial charge in [0.1, 0.15) is 0 Å². The Kier molecular flexibility index (Phi) is 10.8. The minimum Gasteiger partial charge on any atom is -0.390 e. The van der Waals surface area contributed by atoms with Crippen molar-refractivity contribution in [2.75, 3.05) is 19.6 Å². The molecule has 1 heterocycles. The quantitative estimate of drug-likeness (QED) is 0.203. The molecule has 0 radical (unpaired) electrons. The largest absolute Gasteiger partial charge is 0.390 e. The Morgan fingerprint density at radius 1 is 0.771 bits per heavy atom. The summed E-state index contributed by atoms with van der Waals surface area (Å²) in [4.78, 5) is 2.39. The van der Waals surface area contributed by atoms with Crippen LogP contribution in [0, 0.1) is 23.2 Å². The summed E-state index contributed by atoms with van der Waals surface area (Å²) < 4.78 is 0. The van der Waals surface area contributed by atoms with E-state index in [9.17, 15) is 5.11 Å². The van der Waals surface area contributed by atoms with Crippen LogP contribution in [-0.4, -0.2) is 46.8 Å². The molecule has 5 rings (SSSR count). The zero-order valence-corrected chi connectivity index (χ0v) is 22.8. The third kappa shape index (κ3) is 8.44. The van der Waals surface area contributed by atoms with E-state index in [2.05, 4.69) is 16.3 Å². The van der Waals surface area contributed by atoms with Crippen molar-refractivity contribution in [1.29, 1.82) is 5.26 Å². The highest BCUT2D eigenvalue weighted by Gasteiger charge is 2.56. The number of hydrogen-bond acceptors (Lipinski definition) is 4. The summed E-state index contributed by atoms with van der Waals surface area (Å²) in [6.07, 6.45) is 29.0. The van der Waals surface area contributed by atoms with Crippen LogP contribution in [0.2, 0.25) is 0 Å². The fourth-order valence-electron chi connectivity index (χ4n) is 8.58. The zero-order valence-electron chi connectivity index (χ0n) is 22.8. The summed E-state index contributed by atoms with van der Waals surface area (Å²) >= 11 is 0. The van der Waals surface area contributed by atoms with Gasteiger partial charge < -0.3 is 10.4 Å². The van der Waals surface area contributed by atoms with Crippen molar-refractivity contribution >= 4 is 0 Å². The number of hydrogen-bond donors (Lipinski definition) is 2. The summed E-state index contributed by atoms with van der Waals surface area (Å²) in [5.74, 6) is 1.58. The summed E-state index contributed by atoms with van der Waals surface area (Å²) in [6.45, 7) is 3.44. The van der Waals surface area contributed by atoms with Crippen LogP contribution in [0.5, 0.6) is 0 Å². The highest BCUT2D eigenvalue weighted by Crippen LogP contribution is 2.57. The third-order valence-electron chi connectivity index (χ3n) is 9.91. The van der Waals surface area contributed by atoms with Crippen LogP contribution in [0.4, 0.5) is 0 Å². The molecule has 5 fully saturated rings. The molecule has 35 heavy (non-hydrogen) atoms. The molecule has 4 nitrogen and oxygen atoms in total. The molecule has 4 heteroatoms. The topological polar surface area (TPSA) is 59.3 Å². The number of likely N-dealkylation sites (tertiary alicyclic amines) is 1. The van der Waals surface area contributed by atoms with Crippen molar-refractivity contribution in [2.45, 2.75) is 158 Å². The molecular formula is C31H55N3O. The molecule has 0 spiro atoms. The third-order valence-corrected chi connectivity index (χ3v) is 9.91. The minimum absolute atomic E-state index is 0.207. The van der Waals surface area contributed by atoms with Gasteiger partial charge in [-0.3, -0.25) is 4.90 Å². The average Bonchev–Trinajstić information content (AvgIpc) is 3.27. The average molecular weight is 486 g/mol. The fourth-order valence-corrected chi connectivity index (χ4v) is 8.58. The van der Waals surface area contributed by atoms with Crippen LogP contribution in [0.25, 0.3) is 0 Å². The van der Waals surface area contributed by atoms with Crippen molar-refractivity contribution in [2.24, 2.45) is 11.8 Å². The lowest BCUT2D eigenvalue weighted by Crippen LogP contribution is -2.64. The SMILES string of the molecule is N#CC1CCCN1CCCCCCCCCCCCCCCCNC12CC3C[C@H](CC(O)(C3)C1)C2. The first-order valence-electron chi connectivity index (χ1n) is 15.7. The molecule has 0 amide bonds. The molecule has 2 N–H and O–H groups in total. The fraction of sp³-hybridized carbons (Fsp3) is 0.968. The van der Waals surface area contributed by atoms with Crippen molar-refractivity contribution in [3.8, 4) is 6.07 Å². The van der Waals surface area contributed by atoms with E-state index in [1.54, 1.807) is 0 Å². The molecule has 0 aromatic heterocycles. The number of nitrogens with zero attached hydrogens (tertiary/aromatic N) is 2. The molecule has 4 saturated carbocycles. The Labute approximate surface area is 216 Å². The second kappa shape index (κ2) is 13.8. The van der Waals surface area contributed by atoms with Gasteiger partial charge >= 0.3 is 0 Å². The molecule has 5 atom stereocenters. The second-order valence-corrected chi connectivity index (χ2v) is 13.2. The van der Waals surface area contributed by atoms with Gasteiger partial charge in [0.2, 0.25) is 0 Å². The zero-order chi connectivity index (χ0) is 24.4. The Balaban J connectivity index is 0.879. The van der Waals surface area contributed by atoms with E-state index < -0.39 is 0 Å². The first-order valence-corrected chi connectivity index (χ1v) is 15.7. The molecule has 5 aliphatic rings. The van der Waals surface area contributed by atoms with Crippen molar-refractivity contribution in [3.63, 3.8) is 0 Å². The van der Waals surface area contributed by atoms with Gasteiger partial charge in [-0.1, -0.05) is 77.0 Å². The Hall–Kier alpha value is -0.630. The van der Waals surface area contributed by atoms with Crippen LogP contribution in [0.3, 0.4) is 0 Å². The predicted octanol–water partition coefficient (Wildman–Crippen LogP) is 7.11. The summed E-state index contributed by atoms with van der Waals surface area (Å²) in [7, 11) is 0. The first-order chi connectivity index (χ1) is 17.1. The van der Waals surface area contributed by atoms with Crippen molar-refractivity contribution in [1.82, 2.24) is 10.2 Å². The van der Waals surface area contributed by atoms with Crippen LogP contribution in [-0.2, 0) is 0 Å². The molecule has 0 aromatic rings. The molecule has 1 aliphatic heterocycles. The first kappa shape index (κ1) is 27.4. The van der Waals surface area contributed by atoms with Gasteiger partial charge in [0.15, 0.2) is 0 Å². The summed E-state index contributed by atoms with van der Waals surface area (Å²) in [5, 5.41) is 24.0. The maximum Gasteiger partial charge on any atom is 0.0978 e. The number of nitriles is 1. The van der Waals surface area contributed by atoms with Crippen molar-refractivity contribution in [3.05, 3.63) is 0 Å². The molecule has 4 bridgehead atoms. The van der Waals surface area contributed by atoms with E-state index >= 15 is 0 Å². The van der Waals surface area contributed by atoms with E-state index in [4.69, 9.17) is 5.26 Å². The second-order valence-electron chi connectivity index (χ2n) is 13.2. The van der Waals surface area contributed by atoms with Crippen LogP contribution < -0.4 is 5.32 Å². The van der Waals surface area contributed by atoms with E-state index in [1.807, 2.05) is 0 Å². The highest BCUT2D eigenvalue weighted by atomic mass is 16.3. The number of aliphatic hydroxyl groups is 1. The van der Waals surface area contributed by atoms with Gasteiger partial charge in [0.25, 0.3) is 0 Å². The van der Waals surface area contributed by atoms with Gasteiger partial charge in [-0.05, 0) is 95.7 Å². The van der Waals surface area contributed by atoms with Gasteiger partial charge in [-0.15, -0.1) is 0 Å². The normalized spacial score (nSPS) is 34.0. The maximum absolute atomic E-state index is 10.9. The predicted molar refractivity (Wildman–Crippen MR) is 145 cm³/mol. The Bertz CT molecular complexity index is 644. The Morgan fingerprint density at radius 2 is 1.31 bits per heavy atom. The molecule has 0 aromatic carbocycles. The molecule has 200 valence electrons. The number of rotatable bonds is 18.